The lowest BCUT2D eigenvalue weighted by Crippen LogP contribution is -2.10. The van der Waals surface area contributed by atoms with Gasteiger partial charge >= 0.3 is 0 Å². The van der Waals surface area contributed by atoms with E-state index in [2.05, 4.69) is 4.98 Å². The fraction of sp³-hybridized carbons (Fsp3) is 0.375. The summed E-state index contributed by atoms with van der Waals surface area (Å²) in [5, 5.41) is 0.506. The minimum Gasteiger partial charge on any atom is -0.323 e. The highest BCUT2D eigenvalue weighted by Gasteiger charge is 2.03. The normalized spacial score (nSPS) is 11.9. The zero-order valence-corrected chi connectivity index (χ0v) is 8.40. The molecule has 1 unspecified atom stereocenters. The lowest BCUT2D eigenvalue weighted by atomic mass is 10.1. The Morgan fingerprint density at radius 3 is 2.75 bits per heavy atom. The molecule has 0 saturated carbocycles. The van der Waals surface area contributed by atoms with Crippen LogP contribution in [0.25, 0.3) is 0 Å². The van der Waals surface area contributed by atoms with Crippen molar-refractivity contribution < 1.29 is 0 Å². The predicted octanol–water partition coefficient (Wildman–Crippen LogP) is 2.57. The summed E-state index contributed by atoms with van der Waals surface area (Å²) in [4.78, 5) is 4.08. The summed E-state index contributed by atoms with van der Waals surface area (Å²) in [5.74, 6) is 0. The summed E-state index contributed by atoms with van der Waals surface area (Å²) in [6.07, 6.45) is 0.882. The molecule has 68 valence electrons. The molecule has 1 atom stereocenters. The summed E-state index contributed by atoms with van der Waals surface area (Å²) in [5.41, 5.74) is 6.60. The summed E-state index contributed by atoms with van der Waals surface area (Å²) in [7, 11) is 0. The van der Waals surface area contributed by atoms with Gasteiger partial charge in [0.2, 0.25) is 0 Å². The van der Waals surface area contributed by atoms with Gasteiger partial charge in [-0.25, -0.2) is 4.98 Å². The van der Waals surface area contributed by atoms with Gasteiger partial charge in [0.1, 0.15) is 5.15 Å². The van der Waals surface area contributed by atoms with E-state index in [4.69, 9.17) is 17.3 Å². The van der Waals surface area contributed by atoms with E-state index < -0.39 is 0 Å². The second kappa shape index (κ2) is 5.36. The van der Waals surface area contributed by atoms with Gasteiger partial charge in [-0.05, 0) is 18.6 Å². The smallest absolute Gasteiger partial charge is 0.129 e. The van der Waals surface area contributed by atoms with Gasteiger partial charge in [0.05, 0.1) is 5.69 Å². The minimum absolute atomic E-state index is 0. The number of aromatic nitrogens is 1. The van der Waals surface area contributed by atoms with Gasteiger partial charge in [0.25, 0.3) is 0 Å². The monoisotopic (exact) mass is 206 g/mol. The van der Waals surface area contributed by atoms with Crippen LogP contribution in [0, 0.1) is 0 Å². The highest BCUT2D eigenvalue weighted by Crippen LogP contribution is 2.13. The van der Waals surface area contributed by atoms with Crippen molar-refractivity contribution in [2.24, 2.45) is 5.73 Å². The fourth-order valence-electron chi connectivity index (χ4n) is 0.840. The molecule has 1 rings (SSSR count). The van der Waals surface area contributed by atoms with Crippen LogP contribution < -0.4 is 5.73 Å². The molecule has 0 amide bonds. The van der Waals surface area contributed by atoms with Crippen LogP contribution in [-0.2, 0) is 0 Å². The molecule has 2 nitrogen and oxygen atoms in total. The number of nitrogens with two attached hydrogens (primary N) is 1. The first-order valence-electron chi connectivity index (χ1n) is 3.62. The molecule has 0 aromatic carbocycles. The SMILES string of the molecule is CCC(N)c1cccc(Cl)n1.Cl. The first-order valence-corrected chi connectivity index (χ1v) is 4.00. The van der Waals surface area contributed by atoms with Crippen LogP contribution >= 0.6 is 24.0 Å². The van der Waals surface area contributed by atoms with E-state index >= 15 is 0 Å². The molecule has 1 aromatic heterocycles. The Kier molecular flexibility index (Phi) is 5.22. The molecule has 0 aliphatic rings. The summed E-state index contributed by atoms with van der Waals surface area (Å²) < 4.78 is 0. The average molecular weight is 207 g/mol. The Morgan fingerprint density at radius 2 is 2.25 bits per heavy atom. The molecule has 0 bridgehead atoms. The van der Waals surface area contributed by atoms with Crippen LogP contribution in [0.4, 0.5) is 0 Å². The molecule has 0 saturated heterocycles. The molecular weight excluding hydrogens is 195 g/mol. The van der Waals surface area contributed by atoms with Gasteiger partial charge in [-0.1, -0.05) is 24.6 Å². The van der Waals surface area contributed by atoms with Crippen LogP contribution in [0.15, 0.2) is 18.2 Å². The Hall–Kier alpha value is -0.310. The predicted molar refractivity (Wildman–Crippen MR) is 53.7 cm³/mol. The molecule has 1 aromatic rings. The highest BCUT2D eigenvalue weighted by atomic mass is 35.5. The maximum absolute atomic E-state index is 5.74. The Labute approximate surface area is 83.5 Å². The van der Waals surface area contributed by atoms with Crippen molar-refractivity contribution in [2.45, 2.75) is 19.4 Å². The summed E-state index contributed by atoms with van der Waals surface area (Å²) in [6.45, 7) is 2.02. The van der Waals surface area contributed by atoms with E-state index in [-0.39, 0.29) is 18.4 Å². The molecule has 0 fully saturated rings. The second-order valence-electron chi connectivity index (χ2n) is 2.40. The van der Waals surface area contributed by atoms with Gasteiger partial charge in [0, 0.05) is 6.04 Å². The van der Waals surface area contributed by atoms with Crippen molar-refractivity contribution in [3.05, 3.63) is 29.0 Å². The molecular formula is C8H12Cl2N2. The number of hydrogen-bond acceptors (Lipinski definition) is 2. The molecule has 0 radical (unpaired) electrons. The van der Waals surface area contributed by atoms with E-state index in [0.29, 0.717) is 5.15 Å². The first kappa shape index (κ1) is 11.7. The zero-order chi connectivity index (χ0) is 8.27. The Balaban J connectivity index is 0.00000121. The topological polar surface area (TPSA) is 38.9 Å². The standard InChI is InChI=1S/C8H11ClN2.ClH/c1-2-6(10)7-4-3-5-8(9)11-7;/h3-6H,2,10H2,1H3;1H. The molecule has 4 heteroatoms. The minimum atomic E-state index is 0. The van der Waals surface area contributed by atoms with Gasteiger partial charge in [0.15, 0.2) is 0 Å². The van der Waals surface area contributed by atoms with Gasteiger partial charge in [-0.3, -0.25) is 0 Å². The van der Waals surface area contributed by atoms with Crippen LogP contribution in [0.5, 0.6) is 0 Å². The van der Waals surface area contributed by atoms with E-state index in [1.54, 1.807) is 6.07 Å². The molecule has 1 heterocycles. The molecule has 0 spiro atoms. The third-order valence-corrected chi connectivity index (χ3v) is 1.77. The largest absolute Gasteiger partial charge is 0.323 e. The number of halogens is 2. The Morgan fingerprint density at radius 1 is 1.58 bits per heavy atom. The van der Waals surface area contributed by atoms with Crippen molar-refractivity contribution in [3.8, 4) is 0 Å². The molecule has 0 aliphatic carbocycles. The second-order valence-corrected chi connectivity index (χ2v) is 2.79. The number of nitrogens with zero attached hydrogens (tertiary/aromatic N) is 1. The van der Waals surface area contributed by atoms with Crippen molar-refractivity contribution in [1.82, 2.24) is 4.98 Å². The zero-order valence-electron chi connectivity index (χ0n) is 6.83. The van der Waals surface area contributed by atoms with Crippen molar-refractivity contribution in [3.63, 3.8) is 0 Å². The van der Waals surface area contributed by atoms with Crippen LogP contribution in [0.3, 0.4) is 0 Å². The lowest BCUT2D eigenvalue weighted by Gasteiger charge is -2.06. The van der Waals surface area contributed by atoms with Gasteiger partial charge < -0.3 is 5.73 Å². The third kappa shape index (κ3) is 2.97. The van der Waals surface area contributed by atoms with Gasteiger partial charge in [-0.15, -0.1) is 12.4 Å². The molecule has 12 heavy (non-hydrogen) atoms. The lowest BCUT2D eigenvalue weighted by molar-refractivity contribution is 0.676. The highest BCUT2D eigenvalue weighted by molar-refractivity contribution is 6.29. The van der Waals surface area contributed by atoms with E-state index in [0.717, 1.165) is 12.1 Å². The average Bonchev–Trinajstić information content (AvgIpc) is 2.03. The van der Waals surface area contributed by atoms with Crippen molar-refractivity contribution in [1.29, 1.82) is 0 Å². The third-order valence-electron chi connectivity index (χ3n) is 1.56. The number of rotatable bonds is 2. The summed E-state index contributed by atoms with van der Waals surface area (Å²) >= 11 is 5.68. The number of hydrogen-bond donors (Lipinski definition) is 1. The van der Waals surface area contributed by atoms with E-state index in [1.807, 2.05) is 19.1 Å². The van der Waals surface area contributed by atoms with E-state index in [1.165, 1.54) is 0 Å². The quantitative estimate of drug-likeness (QED) is 0.757. The number of pyridine rings is 1. The maximum atomic E-state index is 5.74. The van der Waals surface area contributed by atoms with Gasteiger partial charge in [-0.2, -0.15) is 0 Å². The van der Waals surface area contributed by atoms with Crippen LogP contribution in [0.1, 0.15) is 25.1 Å². The van der Waals surface area contributed by atoms with Crippen LogP contribution in [0.2, 0.25) is 5.15 Å². The fourth-order valence-corrected chi connectivity index (χ4v) is 1.01. The first-order chi connectivity index (χ1) is 5.24. The van der Waals surface area contributed by atoms with Crippen molar-refractivity contribution >= 4 is 24.0 Å². The molecule has 0 aliphatic heterocycles. The molecule has 2 N–H and O–H groups in total. The van der Waals surface area contributed by atoms with Crippen LogP contribution in [-0.4, -0.2) is 4.98 Å². The van der Waals surface area contributed by atoms with E-state index in [9.17, 15) is 0 Å². The summed E-state index contributed by atoms with van der Waals surface area (Å²) in [6, 6.07) is 5.50. The Bertz CT molecular complexity index is 240. The maximum Gasteiger partial charge on any atom is 0.129 e. The van der Waals surface area contributed by atoms with Crippen molar-refractivity contribution in [2.75, 3.05) is 0 Å².